The van der Waals surface area contributed by atoms with Crippen LogP contribution in [0.4, 0.5) is 0 Å². The molecule has 0 fully saturated rings. The number of hydrogen-bond acceptors (Lipinski definition) is 5. The Morgan fingerprint density at radius 2 is 1.88 bits per heavy atom. The SMILES string of the molecule is Cc1cn(CC[C@](C)(C(=O)NO)S(C)(=O)=O)c(=O)cc1-c1ccccc1. The molecule has 0 aliphatic rings. The van der Waals surface area contributed by atoms with E-state index in [1.807, 2.05) is 37.3 Å². The molecule has 1 aromatic carbocycles. The number of amides is 1. The molecule has 0 aliphatic heterocycles. The van der Waals surface area contributed by atoms with E-state index in [1.54, 1.807) is 6.20 Å². The van der Waals surface area contributed by atoms with Gasteiger partial charge in [0.2, 0.25) is 0 Å². The molecule has 0 saturated carbocycles. The zero-order valence-electron chi connectivity index (χ0n) is 14.9. The molecule has 2 rings (SSSR count). The van der Waals surface area contributed by atoms with E-state index in [1.165, 1.54) is 23.0 Å². The molecule has 7 nitrogen and oxygen atoms in total. The summed E-state index contributed by atoms with van der Waals surface area (Å²) < 4.78 is 23.5. The van der Waals surface area contributed by atoms with E-state index in [9.17, 15) is 18.0 Å². The van der Waals surface area contributed by atoms with Gasteiger partial charge in [0.25, 0.3) is 11.5 Å². The summed E-state index contributed by atoms with van der Waals surface area (Å²) in [4.78, 5) is 24.3. The number of hydroxylamine groups is 1. The maximum Gasteiger partial charge on any atom is 0.264 e. The van der Waals surface area contributed by atoms with E-state index in [0.717, 1.165) is 22.9 Å². The van der Waals surface area contributed by atoms with Gasteiger partial charge < -0.3 is 4.57 Å². The fraction of sp³-hybridized carbons (Fsp3) is 0.333. The molecule has 0 radical (unpaired) electrons. The molecule has 26 heavy (non-hydrogen) atoms. The topological polar surface area (TPSA) is 105 Å². The van der Waals surface area contributed by atoms with Gasteiger partial charge >= 0.3 is 0 Å². The van der Waals surface area contributed by atoms with E-state index in [-0.39, 0.29) is 18.5 Å². The van der Waals surface area contributed by atoms with Crippen molar-refractivity contribution in [3.8, 4) is 11.1 Å². The number of carbonyl (C=O) groups is 1. The summed E-state index contributed by atoms with van der Waals surface area (Å²) in [5.74, 6) is -1.02. The van der Waals surface area contributed by atoms with Crippen LogP contribution in [-0.2, 0) is 21.2 Å². The summed E-state index contributed by atoms with van der Waals surface area (Å²) in [5.41, 5.74) is 3.66. The average molecular weight is 378 g/mol. The highest BCUT2D eigenvalue weighted by atomic mass is 32.2. The fourth-order valence-electron chi connectivity index (χ4n) is 2.71. The van der Waals surface area contributed by atoms with Crippen molar-refractivity contribution in [2.75, 3.05) is 6.26 Å². The van der Waals surface area contributed by atoms with Crippen LogP contribution in [0.5, 0.6) is 0 Å². The Morgan fingerprint density at radius 1 is 1.27 bits per heavy atom. The van der Waals surface area contributed by atoms with Crippen LogP contribution in [0.2, 0.25) is 0 Å². The lowest BCUT2D eigenvalue weighted by molar-refractivity contribution is -0.131. The van der Waals surface area contributed by atoms with Crippen LogP contribution in [0.3, 0.4) is 0 Å². The predicted octanol–water partition coefficient (Wildman–Crippen LogP) is 1.52. The van der Waals surface area contributed by atoms with Gasteiger partial charge in [-0.25, -0.2) is 13.9 Å². The summed E-state index contributed by atoms with van der Waals surface area (Å²) in [6, 6.07) is 10.9. The van der Waals surface area contributed by atoms with Crippen molar-refractivity contribution in [3.63, 3.8) is 0 Å². The number of carbonyl (C=O) groups excluding carboxylic acids is 1. The van der Waals surface area contributed by atoms with Gasteiger partial charge in [-0.3, -0.25) is 14.8 Å². The molecule has 0 saturated heterocycles. The molecule has 1 atom stereocenters. The summed E-state index contributed by atoms with van der Waals surface area (Å²) in [7, 11) is -3.81. The molecule has 2 aromatic rings. The largest absolute Gasteiger partial charge is 0.315 e. The van der Waals surface area contributed by atoms with Crippen LogP contribution >= 0.6 is 0 Å². The Morgan fingerprint density at radius 3 is 2.42 bits per heavy atom. The van der Waals surface area contributed by atoms with Crippen molar-refractivity contribution >= 4 is 15.7 Å². The Hall–Kier alpha value is -2.45. The number of aryl methyl sites for hydroxylation is 2. The number of sulfone groups is 1. The summed E-state index contributed by atoms with van der Waals surface area (Å²) in [6.45, 7) is 3.10. The average Bonchev–Trinajstić information content (AvgIpc) is 2.60. The first-order valence-corrected chi connectivity index (χ1v) is 9.90. The third-order valence-electron chi connectivity index (χ3n) is 4.64. The number of nitrogens with zero attached hydrogens (tertiary/aromatic N) is 1. The smallest absolute Gasteiger partial charge is 0.264 e. The molecule has 8 heteroatoms. The molecular weight excluding hydrogens is 356 g/mol. The van der Waals surface area contributed by atoms with Crippen LogP contribution in [-0.4, -0.2) is 35.1 Å². The Balaban J connectivity index is 2.35. The lowest BCUT2D eigenvalue weighted by Gasteiger charge is -2.25. The first-order valence-electron chi connectivity index (χ1n) is 8.01. The second kappa shape index (κ2) is 7.43. The molecule has 0 unspecified atom stereocenters. The minimum absolute atomic E-state index is 0.0196. The predicted molar refractivity (Wildman–Crippen MR) is 98.7 cm³/mol. The highest BCUT2D eigenvalue weighted by molar-refractivity contribution is 7.92. The number of rotatable bonds is 6. The third-order valence-corrected chi connectivity index (χ3v) is 6.67. The minimum atomic E-state index is -3.81. The van der Waals surface area contributed by atoms with Gasteiger partial charge in [-0.2, -0.15) is 0 Å². The Bertz CT molecular complexity index is 967. The molecule has 1 heterocycles. The zero-order chi connectivity index (χ0) is 19.5. The summed E-state index contributed by atoms with van der Waals surface area (Å²) in [6.07, 6.45) is 2.42. The normalized spacial score (nSPS) is 13.8. The van der Waals surface area contributed by atoms with Crippen LogP contribution in [0.15, 0.2) is 47.4 Å². The maximum absolute atomic E-state index is 12.4. The molecule has 2 N–H and O–H groups in total. The van der Waals surface area contributed by atoms with Crippen molar-refractivity contribution in [1.82, 2.24) is 10.0 Å². The lowest BCUT2D eigenvalue weighted by Crippen LogP contribution is -2.49. The number of aromatic nitrogens is 1. The van der Waals surface area contributed by atoms with Gasteiger partial charge in [0.1, 0.15) is 0 Å². The van der Waals surface area contributed by atoms with E-state index in [4.69, 9.17) is 5.21 Å². The van der Waals surface area contributed by atoms with Gasteiger partial charge in [-0.05, 0) is 37.0 Å². The standard InChI is InChI=1S/C18H22N2O5S/c1-13-12-20(10-9-18(2,17(22)19-23)26(3,24)25)16(21)11-15(13)14-7-5-4-6-8-14/h4-8,11-12,23H,9-10H2,1-3H3,(H,19,22)/t18-/m1/s1. The molecule has 1 aromatic heterocycles. The number of hydrogen-bond donors (Lipinski definition) is 2. The van der Waals surface area contributed by atoms with Crippen molar-refractivity contribution < 1.29 is 18.4 Å². The first-order chi connectivity index (χ1) is 12.1. The Kier molecular flexibility index (Phi) is 5.68. The maximum atomic E-state index is 12.4. The summed E-state index contributed by atoms with van der Waals surface area (Å²) in [5, 5.41) is 8.86. The van der Waals surface area contributed by atoms with Crippen LogP contribution in [0.1, 0.15) is 18.9 Å². The zero-order valence-corrected chi connectivity index (χ0v) is 15.7. The molecule has 1 amide bonds. The van der Waals surface area contributed by atoms with Crippen LogP contribution in [0, 0.1) is 6.92 Å². The third kappa shape index (κ3) is 3.86. The summed E-state index contributed by atoms with van der Waals surface area (Å²) >= 11 is 0. The van der Waals surface area contributed by atoms with E-state index in [2.05, 4.69) is 0 Å². The molecule has 0 spiro atoms. The fourth-order valence-corrected chi connectivity index (χ4v) is 3.55. The van der Waals surface area contributed by atoms with E-state index in [0.29, 0.717) is 0 Å². The van der Waals surface area contributed by atoms with Gasteiger partial charge in [0, 0.05) is 25.1 Å². The minimum Gasteiger partial charge on any atom is -0.315 e. The first kappa shape index (κ1) is 19.9. The highest BCUT2D eigenvalue weighted by Gasteiger charge is 2.43. The van der Waals surface area contributed by atoms with Gasteiger partial charge in [0.05, 0.1) is 0 Å². The quantitative estimate of drug-likeness (QED) is 0.586. The lowest BCUT2D eigenvalue weighted by atomic mass is 10.0. The molecule has 140 valence electrons. The second-order valence-electron chi connectivity index (χ2n) is 6.46. The van der Waals surface area contributed by atoms with Gasteiger partial charge in [-0.15, -0.1) is 0 Å². The number of benzene rings is 1. The molecular formula is C18H22N2O5S. The molecule has 0 aliphatic carbocycles. The Labute approximate surface area is 152 Å². The molecule has 0 bridgehead atoms. The van der Waals surface area contributed by atoms with Gasteiger partial charge in [0.15, 0.2) is 14.6 Å². The van der Waals surface area contributed by atoms with E-state index >= 15 is 0 Å². The number of nitrogens with one attached hydrogen (secondary N) is 1. The van der Waals surface area contributed by atoms with Crippen LogP contribution < -0.4 is 11.0 Å². The number of pyridine rings is 1. The van der Waals surface area contributed by atoms with Gasteiger partial charge in [-0.1, -0.05) is 30.3 Å². The van der Waals surface area contributed by atoms with Crippen molar-refractivity contribution in [2.45, 2.75) is 31.6 Å². The van der Waals surface area contributed by atoms with Crippen molar-refractivity contribution in [1.29, 1.82) is 0 Å². The van der Waals surface area contributed by atoms with Crippen molar-refractivity contribution in [2.24, 2.45) is 0 Å². The van der Waals surface area contributed by atoms with Crippen LogP contribution in [0.25, 0.3) is 11.1 Å². The monoisotopic (exact) mass is 378 g/mol. The second-order valence-corrected chi connectivity index (χ2v) is 8.91. The van der Waals surface area contributed by atoms with Crippen molar-refractivity contribution in [3.05, 3.63) is 58.5 Å². The van der Waals surface area contributed by atoms with E-state index < -0.39 is 20.5 Å². The highest BCUT2D eigenvalue weighted by Crippen LogP contribution is 2.24.